The highest BCUT2D eigenvalue weighted by Gasteiger charge is 2.35. The number of nitrogens with zero attached hydrogens (tertiary/aromatic N) is 1. The molecule has 0 aliphatic heterocycles. The first-order valence-electron chi connectivity index (χ1n) is 21.7. The Bertz CT molecular complexity index is 3370. The van der Waals surface area contributed by atoms with Crippen molar-refractivity contribution < 1.29 is 4.42 Å². The van der Waals surface area contributed by atoms with E-state index in [-0.39, 0.29) is 0 Å². The van der Waals surface area contributed by atoms with E-state index >= 15 is 0 Å². The van der Waals surface area contributed by atoms with Crippen molar-refractivity contribution in [1.82, 2.24) is 0 Å². The predicted molar refractivity (Wildman–Crippen MR) is 253 cm³/mol. The molecule has 13 rings (SSSR count). The maximum atomic E-state index is 6.18. The molecule has 1 aromatic heterocycles. The summed E-state index contributed by atoms with van der Waals surface area (Å²) in [7, 11) is 0. The third kappa shape index (κ3) is 5.42. The number of furan rings is 1. The number of rotatable bonds is 5. The summed E-state index contributed by atoms with van der Waals surface area (Å²) in [5.74, 6) is 0.361. The van der Waals surface area contributed by atoms with Gasteiger partial charge in [0, 0.05) is 33.6 Å². The molecule has 9 aromatic carbocycles. The van der Waals surface area contributed by atoms with Gasteiger partial charge in [0.25, 0.3) is 0 Å². The van der Waals surface area contributed by atoms with Gasteiger partial charge in [0.05, 0.1) is 5.69 Å². The molecule has 61 heavy (non-hydrogen) atoms. The number of fused-ring (bicyclic) bond motifs is 11. The Morgan fingerprint density at radius 3 is 1.87 bits per heavy atom. The second kappa shape index (κ2) is 13.6. The van der Waals surface area contributed by atoms with Crippen molar-refractivity contribution in [2.24, 2.45) is 0 Å². The lowest BCUT2D eigenvalue weighted by atomic mass is 9.80. The Morgan fingerprint density at radius 1 is 0.426 bits per heavy atom. The monoisotopic (exact) mass is 779 g/mol. The van der Waals surface area contributed by atoms with Crippen LogP contribution in [0.4, 0.5) is 17.1 Å². The zero-order chi connectivity index (χ0) is 40.0. The number of hydrogen-bond donors (Lipinski definition) is 0. The number of anilines is 3. The van der Waals surface area contributed by atoms with Crippen molar-refractivity contribution in [3.63, 3.8) is 0 Å². The summed E-state index contributed by atoms with van der Waals surface area (Å²) in [6, 6.07) is 72.3. The molecule has 0 saturated carbocycles. The first-order valence-corrected chi connectivity index (χ1v) is 21.7. The van der Waals surface area contributed by atoms with Crippen LogP contribution in [0.1, 0.15) is 46.6 Å². The molecule has 3 aliphatic rings. The Labute approximate surface area is 356 Å². The molecule has 2 nitrogen and oxygen atoms in total. The number of aryl methyl sites for hydroxylation is 1. The number of para-hydroxylation sites is 1. The van der Waals surface area contributed by atoms with Gasteiger partial charge in [0.1, 0.15) is 11.2 Å². The SMILES string of the molecule is c1ccc2c(c1)Cc1ccc(-c3ccc(N(c4ccc(-c5ccc6oc7ccccc7c6c5)cc4)c4ccc5c6c4-c4ccccc4CCCC6c4ccccc4-5)cc3)cc1-2. The second-order valence-corrected chi connectivity index (χ2v) is 17.1. The summed E-state index contributed by atoms with van der Waals surface area (Å²) in [4.78, 5) is 2.51. The fourth-order valence-corrected chi connectivity index (χ4v) is 10.9. The van der Waals surface area contributed by atoms with Crippen LogP contribution in [0.2, 0.25) is 0 Å². The van der Waals surface area contributed by atoms with Gasteiger partial charge in [-0.1, -0.05) is 140 Å². The van der Waals surface area contributed by atoms with Crippen LogP contribution >= 0.6 is 0 Å². The fourth-order valence-electron chi connectivity index (χ4n) is 10.9. The molecule has 0 amide bonds. The highest BCUT2D eigenvalue weighted by Crippen LogP contribution is 2.56. The summed E-state index contributed by atoms with van der Waals surface area (Å²) < 4.78 is 6.18. The summed E-state index contributed by atoms with van der Waals surface area (Å²) in [5, 5.41) is 2.29. The van der Waals surface area contributed by atoms with E-state index in [1.165, 1.54) is 95.6 Å². The smallest absolute Gasteiger partial charge is 0.135 e. The lowest BCUT2D eigenvalue weighted by Crippen LogP contribution is -2.14. The van der Waals surface area contributed by atoms with Crippen LogP contribution in [0.5, 0.6) is 0 Å². The van der Waals surface area contributed by atoms with Gasteiger partial charge in [-0.3, -0.25) is 0 Å². The van der Waals surface area contributed by atoms with Crippen molar-refractivity contribution in [3.8, 4) is 55.6 Å². The van der Waals surface area contributed by atoms with Crippen molar-refractivity contribution >= 4 is 39.0 Å². The lowest BCUT2D eigenvalue weighted by molar-refractivity contribution is 0.667. The van der Waals surface area contributed by atoms with E-state index in [1.54, 1.807) is 0 Å². The average Bonchev–Trinajstić information content (AvgIpc) is 3.98. The van der Waals surface area contributed by atoms with Gasteiger partial charge in [-0.25, -0.2) is 0 Å². The molecule has 0 fully saturated rings. The van der Waals surface area contributed by atoms with E-state index in [0.29, 0.717) is 5.92 Å². The van der Waals surface area contributed by atoms with E-state index in [1.807, 2.05) is 12.1 Å². The van der Waals surface area contributed by atoms with Gasteiger partial charge >= 0.3 is 0 Å². The summed E-state index contributed by atoms with van der Waals surface area (Å²) in [5.41, 5.74) is 25.5. The molecule has 1 unspecified atom stereocenters. The molecule has 1 heterocycles. The van der Waals surface area contributed by atoms with Gasteiger partial charge in [-0.15, -0.1) is 0 Å². The van der Waals surface area contributed by atoms with Crippen LogP contribution in [-0.2, 0) is 12.8 Å². The molecule has 0 N–H and O–H groups in total. The Hall–Kier alpha value is -7.42. The molecule has 10 aromatic rings. The van der Waals surface area contributed by atoms with Gasteiger partial charge in [0.2, 0.25) is 0 Å². The van der Waals surface area contributed by atoms with Gasteiger partial charge in [0.15, 0.2) is 0 Å². The van der Waals surface area contributed by atoms with E-state index in [9.17, 15) is 0 Å². The molecule has 0 spiro atoms. The van der Waals surface area contributed by atoms with E-state index in [4.69, 9.17) is 4.42 Å². The van der Waals surface area contributed by atoms with Crippen LogP contribution in [0.25, 0.3) is 77.6 Å². The molecule has 0 saturated heterocycles. The molecular weight excluding hydrogens is 739 g/mol. The average molecular weight is 780 g/mol. The lowest BCUT2D eigenvalue weighted by Gasteiger charge is -2.32. The predicted octanol–water partition coefficient (Wildman–Crippen LogP) is 16.1. The fraction of sp³-hybridized carbons (Fsp3) is 0.0847. The topological polar surface area (TPSA) is 16.4 Å². The molecular formula is C59H41NO. The highest BCUT2D eigenvalue weighted by atomic mass is 16.3. The Morgan fingerprint density at radius 2 is 1.05 bits per heavy atom. The normalized spacial score (nSPS) is 14.5. The molecule has 2 heteroatoms. The van der Waals surface area contributed by atoms with Crippen LogP contribution < -0.4 is 4.90 Å². The minimum Gasteiger partial charge on any atom is -0.456 e. The van der Waals surface area contributed by atoms with Crippen LogP contribution in [-0.4, -0.2) is 0 Å². The second-order valence-electron chi connectivity index (χ2n) is 17.1. The zero-order valence-corrected chi connectivity index (χ0v) is 33.7. The van der Waals surface area contributed by atoms with Gasteiger partial charge in [-0.05, 0) is 158 Å². The molecule has 0 radical (unpaired) electrons. The minimum absolute atomic E-state index is 0.361. The standard InChI is InChI=1S/C59H41NO/c1-4-14-47-39(10-1)12-9-18-51-48-15-5-6-16-49(48)52-31-32-55(59(47)58(51)52)60(44-27-22-37(23-28-44)40-20-21-43-34-42-11-2-3-13-46(42)53(43)35-40)45-29-24-38(25-30-45)41-26-33-57-54(36-41)50-17-7-8-19-56(50)61-57/h1-8,10-11,13-17,19-33,35-36,51H,9,12,18,34H2. The third-order valence-corrected chi connectivity index (χ3v) is 13.8. The number of benzene rings is 9. The molecule has 3 aliphatic carbocycles. The van der Waals surface area contributed by atoms with Gasteiger partial charge in [-0.2, -0.15) is 0 Å². The van der Waals surface area contributed by atoms with Crippen LogP contribution in [0, 0.1) is 0 Å². The summed E-state index contributed by atoms with van der Waals surface area (Å²) >= 11 is 0. The van der Waals surface area contributed by atoms with Crippen molar-refractivity contribution in [3.05, 3.63) is 222 Å². The Balaban J connectivity index is 0.976. The van der Waals surface area contributed by atoms with E-state index in [0.717, 1.165) is 52.6 Å². The zero-order valence-electron chi connectivity index (χ0n) is 33.7. The molecule has 0 bridgehead atoms. The van der Waals surface area contributed by atoms with E-state index in [2.05, 4.69) is 187 Å². The van der Waals surface area contributed by atoms with E-state index < -0.39 is 0 Å². The third-order valence-electron chi connectivity index (χ3n) is 13.8. The summed E-state index contributed by atoms with van der Waals surface area (Å²) in [6.07, 6.45) is 4.38. The molecule has 288 valence electrons. The largest absolute Gasteiger partial charge is 0.456 e. The number of hydrogen-bond acceptors (Lipinski definition) is 2. The minimum atomic E-state index is 0.361. The Kier molecular flexibility index (Phi) is 7.65. The first kappa shape index (κ1) is 34.4. The molecule has 1 atom stereocenters. The summed E-state index contributed by atoms with van der Waals surface area (Å²) in [6.45, 7) is 0. The van der Waals surface area contributed by atoms with Crippen LogP contribution in [0.3, 0.4) is 0 Å². The quantitative estimate of drug-likeness (QED) is 0.173. The highest BCUT2D eigenvalue weighted by molar-refractivity contribution is 6.06. The first-order chi connectivity index (χ1) is 30.2. The van der Waals surface area contributed by atoms with Crippen molar-refractivity contribution in [2.45, 2.75) is 31.6 Å². The maximum absolute atomic E-state index is 6.18. The van der Waals surface area contributed by atoms with Crippen molar-refractivity contribution in [1.29, 1.82) is 0 Å². The maximum Gasteiger partial charge on any atom is 0.135 e. The van der Waals surface area contributed by atoms with Crippen LogP contribution in [0.15, 0.2) is 199 Å². The van der Waals surface area contributed by atoms with Gasteiger partial charge < -0.3 is 9.32 Å². The van der Waals surface area contributed by atoms with Crippen molar-refractivity contribution in [2.75, 3.05) is 4.90 Å².